The molecular formula is C16H19F2NO2S. The number of hydrogen-bond donors (Lipinski definition) is 2. The van der Waals surface area contributed by atoms with Crippen LogP contribution in [0.2, 0.25) is 0 Å². The van der Waals surface area contributed by atoms with Crippen LogP contribution in [-0.2, 0) is 4.79 Å². The molecule has 3 nitrogen and oxygen atoms in total. The van der Waals surface area contributed by atoms with Crippen molar-refractivity contribution < 1.29 is 18.7 Å². The van der Waals surface area contributed by atoms with Crippen LogP contribution >= 0.6 is 11.8 Å². The van der Waals surface area contributed by atoms with Crippen molar-refractivity contribution in [1.29, 1.82) is 0 Å². The molecule has 6 heteroatoms. The van der Waals surface area contributed by atoms with Crippen LogP contribution in [0.15, 0.2) is 18.2 Å². The molecule has 1 saturated heterocycles. The number of thioether (sulfide) groups is 1. The SMILES string of the molecule is O=C(NCC1(O)CCSCC1)C1CC1c1ccc(F)cc1F. The molecule has 2 unspecified atom stereocenters. The van der Waals surface area contributed by atoms with Crippen LogP contribution < -0.4 is 5.32 Å². The van der Waals surface area contributed by atoms with E-state index in [0.717, 1.165) is 17.6 Å². The summed E-state index contributed by atoms with van der Waals surface area (Å²) in [7, 11) is 0. The maximum absolute atomic E-state index is 13.7. The van der Waals surface area contributed by atoms with Gasteiger partial charge in [-0.25, -0.2) is 8.78 Å². The Balaban J connectivity index is 1.54. The molecule has 22 heavy (non-hydrogen) atoms. The standard InChI is InChI=1S/C16H19F2NO2S/c17-10-1-2-11(14(18)7-10)12-8-13(12)15(20)19-9-16(21)3-5-22-6-4-16/h1-2,7,12-13,21H,3-6,8-9H2,(H,19,20). The second kappa shape index (κ2) is 6.16. The van der Waals surface area contributed by atoms with Gasteiger partial charge in [-0.2, -0.15) is 11.8 Å². The molecule has 0 radical (unpaired) electrons. The van der Waals surface area contributed by atoms with Gasteiger partial charge in [0, 0.05) is 18.5 Å². The van der Waals surface area contributed by atoms with Gasteiger partial charge in [-0.15, -0.1) is 0 Å². The highest BCUT2D eigenvalue weighted by Gasteiger charge is 2.45. The lowest BCUT2D eigenvalue weighted by Crippen LogP contribution is -2.45. The zero-order valence-electron chi connectivity index (χ0n) is 12.1. The third kappa shape index (κ3) is 3.43. The molecule has 2 aliphatic rings. The van der Waals surface area contributed by atoms with E-state index in [1.165, 1.54) is 12.1 Å². The molecule has 120 valence electrons. The van der Waals surface area contributed by atoms with E-state index < -0.39 is 17.2 Å². The molecule has 1 aliphatic heterocycles. The first-order valence-electron chi connectivity index (χ1n) is 7.51. The smallest absolute Gasteiger partial charge is 0.223 e. The average molecular weight is 327 g/mol. The van der Waals surface area contributed by atoms with Crippen LogP contribution in [0.5, 0.6) is 0 Å². The summed E-state index contributed by atoms with van der Waals surface area (Å²) in [4.78, 5) is 12.1. The molecule has 3 rings (SSSR count). The fraction of sp³-hybridized carbons (Fsp3) is 0.562. The van der Waals surface area contributed by atoms with Crippen molar-refractivity contribution in [2.24, 2.45) is 5.92 Å². The number of amides is 1. The van der Waals surface area contributed by atoms with Crippen LogP contribution in [0.1, 0.15) is 30.7 Å². The predicted molar refractivity (Wildman–Crippen MR) is 81.7 cm³/mol. The number of nitrogens with one attached hydrogen (secondary N) is 1. The highest BCUT2D eigenvalue weighted by Crippen LogP contribution is 2.48. The molecule has 1 amide bonds. The molecule has 2 atom stereocenters. The van der Waals surface area contributed by atoms with Gasteiger partial charge in [0.15, 0.2) is 0 Å². The van der Waals surface area contributed by atoms with Gasteiger partial charge in [-0.05, 0) is 48.3 Å². The lowest BCUT2D eigenvalue weighted by Gasteiger charge is -2.31. The molecular weight excluding hydrogens is 308 g/mol. The molecule has 2 fully saturated rings. The molecule has 0 bridgehead atoms. The summed E-state index contributed by atoms with van der Waals surface area (Å²) in [5, 5.41) is 13.1. The Morgan fingerprint density at radius 1 is 1.36 bits per heavy atom. The van der Waals surface area contributed by atoms with E-state index >= 15 is 0 Å². The van der Waals surface area contributed by atoms with Gasteiger partial charge >= 0.3 is 0 Å². The van der Waals surface area contributed by atoms with Crippen molar-refractivity contribution in [2.75, 3.05) is 18.1 Å². The van der Waals surface area contributed by atoms with Crippen molar-refractivity contribution >= 4 is 17.7 Å². The van der Waals surface area contributed by atoms with Crippen LogP contribution in [0.4, 0.5) is 8.78 Å². The van der Waals surface area contributed by atoms with E-state index in [1.807, 2.05) is 0 Å². The van der Waals surface area contributed by atoms with Gasteiger partial charge in [-0.3, -0.25) is 4.79 Å². The van der Waals surface area contributed by atoms with Crippen molar-refractivity contribution in [3.05, 3.63) is 35.4 Å². The van der Waals surface area contributed by atoms with Crippen molar-refractivity contribution in [2.45, 2.75) is 30.8 Å². The first-order chi connectivity index (χ1) is 10.5. The molecule has 0 spiro atoms. The highest BCUT2D eigenvalue weighted by molar-refractivity contribution is 7.99. The normalized spacial score (nSPS) is 26.5. The summed E-state index contributed by atoms with van der Waals surface area (Å²) in [6.07, 6.45) is 1.93. The molecule has 0 aromatic heterocycles. The first-order valence-corrected chi connectivity index (χ1v) is 8.67. The molecule has 1 aromatic rings. The second-order valence-electron chi connectivity index (χ2n) is 6.17. The number of rotatable bonds is 4. The Bertz CT molecular complexity index is 575. The summed E-state index contributed by atoms with van der Waals surface area (Å²) < 4.78 is 26.6. The number of benzene rings is 1. The van der Waals surface area contributed by atoms with E-state index in [4.69, 9.17) is 0 Å². The summed E-state index contributed by atoms with van der Waals surface area (Å²) in [6.45, 7) is 0.252. The number of hydrogen-bond acceptors (Lipinski definition) is 3. The van der Waals surface area contributed by atoms with Crippen molar-refractivity contribution in [1.82, 2.24) is 5.32 Å². The van der Waals surface area contributed by atoms with Gasteiger partial charge in [0.1, 0.15) is 11.6 Å². The maximum Gasteiger partial charge on any atom is 0.223 e. The van der Waals surface area contributed by atoms with E-state index in [-0.39, 0.29) is 24.3 Å². The van der Waals surface area contributed by atoms with Crippen molar-refractivity contribution in [3.63, 3.8) is 0 Å². The molecule has 1 saturated carbocycles. The van der Waals surface area contributed by atoms with Crippen LogP contribution in [-0.4, -0.2) is 34.7 Å². The number of aliphatic hydroxyl groups is 1. The Labute approximate surface area is 132 Å². The van der Waals surface area contributed by atoms with Gasteiger partial charge in [-0.1, -0.05) is 6.07 Å². The number of halogens is 2. The largest absolute Gasteiger partial charge is 0.388 e. The Morgan fingerprint density at radius 2 is 2.09 bits per heavy atom. The van der Waals surface area contributed by atoms with Crippen LogP contribution in [0, 0.1) is 17.6 Å². The molecule has 1 heterocycles. The third-order valence-electron chi connectivity index (χ3n) is 4.50. The number of carbonyl (C=O) groups is 1. The molecule has 2 N–H and O–H groups in total. The van der Waals surface area contributed by atoms with Gasteiger partial charge in [0.25, 0.3) is 0 Å². The fourth-order valence-corrected chi connectivity index (χ4v) is 4.19. The number of carbonyl (C=O) groups excluding carboxylic acids is 1. The molecule has 1 aliphatic carbocycles. The lowest BCUT2D eigenvalue weighted by molar-refractivity contribution is -0.123. The Kier molecular flexibility index (Phi) is 4.41. The third-order valence-corrected chi connectivity index (χ3v) is 5.49. The monoisotopic (exact) mass is 327 g/mol. The predicted octanol–water partition coefficient (Wildman–Crippen LogP) is 2.44. The summed E-state index contributed by atoms with van der Waals surface area (Å²) in [6, 6.07) is 3.48. The van der Waals surface area contributed by atoms with Gasteiger partial charge < -0.3 is 10.4 Å². The van der Waals surface area contributed by atoms with E-state index in [0.29, 0.717) is 24.8 Å². The minimum atomic E-state index is -0.813. The van der Waals surface area contributed by atoms with E-state index in [1.54, 1.807) is 11.8 Å². The van der Waals surface area contributed by atoms with Crippen LogP contribution in [0.3, 0.4) is 0 Å². The minimum absolute atomic E-state index is 0.152. The minimum Gasteiger partial charge on any atom is -0.388 e. The zero-order chi connectivity index (χ0) is 15.7. The summed E-state index contributed by atoms with van der Waals surface area (Å²) in [5.41, 5.74) is -0.416. The molecule has 1 aromatic carbocycles. The second-order valence-corrected chi connectivity index (χ2v) is 7.39. The topological polar surface area (TPSA) is 49.3 Å². The Morgan fingerprint density at radius 3 is 2.77 bits per heavy atom. The fourth-order valence-electron chi connectivity index (χ4n) is 2.94. The van der Waals surface area contributed by atoms with Gasteiger partial charge in [0.2, 0.25) is 5.91 Å². The zero-order valence-corrected chi connectivity index (χ0v) is 13.0. The average Bonchev–Trinajstić information content (AvgIpc) is 3.26. The van der Waals surface area contributed by atoms with E-state index in [2.05, 4.69) is 5.32 Å². The van der Waals surface area contributed by atoms with Gasteiger partial charge in [0.05, 0.1) is 5.60 Å². The summed E-state index contributed by atoms with van der Waals surface area (Å²) in [5.74, 6) is -0.0131. The maximum atomic E-state index is 13.7. The van der Waals surface area contributed by atoms with Crippen LogP contribution in [0.25, 0.3) is 0 Å². The first kappa shape index (κ1) is 15.7. The van der Waals surface area contributed by atoms with E-state index in [9.17, 15) is 18.7 Å². The lowest BCUT2D eigenvalue weighted by atomic mass is 9.97. The summed E-state index contributed by atoms with van der Waals surface area (Å²) >= 11 is 1.81. The Hall–Kier alpha value is -1.14. The van der Waals surface area contributed by atoms with Crippen molar-refractivity contribution in [3.8, 4) is 0 Å². The highest BCUT2D eigenvalue weighted by atomic mass is 32.2. The quantitative estimate of drug-likeness (QED) is 0.893.